The quantitative estimate of drug-likeness (QED) is 0.175. The lowest BCUT2D eigenvalue weighted by atomic mass is 10.1. The SMILES string of the molecule is COc1ccc(C(=O)Oc2ccc(OC(=O)c3ccc(OC(=O)c4ccc5c(c4)C(=O)N(C)C5=O)cc3)c(C)c2)cc1. The van der Waals surface area contributed by atoms with E-state index in [1.165, 1.54) is 68.8 Å². The average Bonchev–Trinajstić information content (AvgIpc) is 3.22. The molecule has 0 spiro atoms. The zero-order valence-electron chi connectivity index (χ0n) is 22.7. The molecule has 4 aromatic carbocycles. The Morgan fingerprint density at radius 3 is 1.69 bits per heavy atom. The minimum absolute atomic E-state index is 0.0993. The highest BCUT2D eigenvalue weighted by molar-refractivity contribution is 6.21. The van der Waals surface area contributed by atoms with E-state index < -0.39 is 29.7 Å². The van der Waals surface area contributed by atoms with E-state index in [4.69, 9.17) is 18.9 Å². The molecule has 0 fully saturated rings. The number of fused-ring (bicyclic) bond motifs is 1. The number of ether oxygens (including phenoxy) is 4. The van der Waals surface area contributed by atoms with Crippen LogP contribution < -0.4 is 18.9 Å². The molecule has 0 N–H and O–H groups in total. The summed E-state index contributed by atoms with van der Waals surface area (Å²) in [5.74, 6) is -1.52. The van der Waals surface area contributed by atoms with Crippen LogP contribution in [0.15, 0.2) is 84.9 Å². The van der Waals surface area contributed by atoms with Gasteiger partial charge in [0.05, 0.1) is 34.9 Å². The molecule has 1 aliphatic heterocycles. The number of nitrogens with zero attached hydrogens (tertiary/aromatic N) is 1. The van der Waals surface area contributed by atoms with Crippen LogP contribution in [0.3, 0.4) is 0 Å². The Hall–Kier alpha value is -5.77. The predicted molar refractivity (Wildman–Crippen MR) is 148 cm³/mol. The Bertz CT molecular complexity index is 1740. The second-order valence-electron chi connectivity index (χ2n) is 9.28. The molecule has 0 saturated carbocycles. The van der Waals surface area contributed by atoms with Gasteiger partial charge in [0.1, 0.15) is 23.0 Å². The van der Waals surface area contributed by atoms with Gasteiger partial charge in [-0.1, -0.05) is 0 Å². The normalized spacial score (nSPS) is 12.0. The van der Waals surface area contributed by atoms with Crippen LogP contribution in [-0.2, 0) is 0 Å². The topological polar surface area (TPSA) is 126 Å². The summed E-state index contributed by atoms with van der Waals surface area (Å²) in [6.45, 7) is 1.70. The van der Waals surface area contributed by atoms with Crippen LogP contribution in [0.25, 0.3) is 0 Å². The van der Waals surface area contributed by atoms with Gasteiger partial charge in [-0.15, -0.1) is 0 Å². The van der Waals surface area contributed by atoms with Crippen LogP contribution >= 0.6 is 0 Å². The van der Waals surface area contributed by atoms with Gasteiger partial charge < -0.3 is 18.9 Å². The van der Waals surface area contributed by atoms with Gasteiger partial charge in [0.2, 0.25) is 0 Å². The van der Waals surface area contributed by atoms with E-state index >= 15 is 0 Å². The molecule has 0 saturated heterocycles. The van der Waals surface area contributed by atoms with Crippen LogP contribution in [0.1, 0.15) is 57.4 Å². The molecular formula is C32H23NO9. The summed E-state index contributed by atoms with van der Waals surface area (Å²) in [5, 5.41) is 0. The molecule has 4 aromatic rings. The molecule has 10 nitrogen and oxygen atoms in total. The van der Waals surface area contributed by atoms with Crippen molar-refractivity contribution >= 4 is 29.7 Å². The summed E-state index contributed by atoms with van der Waals surface area (Å²) in [6.07, 6.45) is 0. The first kappa shape index (κ1) is 27.8. The number of hydrogen-bond donors (Lipinski definition) is 0. The van der Waals surface area contributed by atoms with Crippen LogP contribution in [0, 0.1) is 6.92 Å². The smallest absolute Gasteiger partial charge is 0.343 e. The Morgan fingerprint density at radius 2 is 1.07 bits per heavy atom. The molecule has 0 unspecified atom stereocenters. The number of methoxy groups -OCH3 is 1. The number of hydrogen-bond acceptors (Lipinski definition) is 9. The first-order chi connectivity index (χ1) is 20.1. The second kappa shape index (κ2) is 11.4. The molecule has 2 amide bonds. The molecule has 1 aliphatic rings. The van der Waals surface area contributed by atoms with Crippen molar-refractivity contribution in [3.8, 4) is 23.0 Å². The molecule has 42 heavy (non-hydrogen) atoms. The minimum atomic E-state index is -0.730. The van der Waals surface area contributed by atoms with Crippen LogP contribution in [0.2, 0.25) is 0 Å². The number of aryl methyl sites for hydroxylation is 1. The summed E-state index contributed by atoms with van der Waals surface area (Å²) in [4.78, 5) is 63.0. The molecule has 5 rings (SSSR count). The van der Waals surface area contributed by atoms with E-state index in [-0.39, 0.29) is 39.5 Å². The van der Waals surface area contributed by atoms with E-state index in [1.54, 1.807) is 37.3 Å². The lowest BCUT2D eigenvalue weighted by molar-refractivity contribution is 0.0687. The Morgan fingerprint density at radius 1 is 0.571 bits per heavy atom. The summed E-state index contributed by atoms with van der Waals surface area (Å²) in [7, 11) is 2.90. The summed E-state index contributed by atoms with van der Waals surface area (Å²) >= 11 is 0. The van der Waals surface area contributed by atoms with Crippen LogP contribution in [0.4, 0.5) is 0 Å². The molecule has 1 heterocycles. The zero-order valence-corrected chi connectivity index (χ0v) is 22.7. The maximum atomic E-state index is 12.7. The average molecular weight is 566 g/mol. The third-order valence-corrected chi connectivity index (χ3v) is 6.51. The summed E-state index contributed by atoms with van der Waals surface area (Å²) < 4.78 is 21.4. The predicted octanol–water partition coefficient (Wildman–Crippen LogP) is 4.89. The minimum Gasteiger partial charge on any atom is -0.497 e. The highest BCUT2D eigenvalue weighted by Crippen LogP contribution is 2.26. The monoisotopic (exact) mass is 565 g/mol. The first-order valence-electron chi connectivity index (χ1n) is 12.6. The van der Waals surface area contributed by atoms with Gasteiger partial charge in [-0.3, -0.25) is 14.5 Å². The van der Waals surface area contributed by atoms with Crippen LogP contribution in [0.5, 0.6) is 23.0 Å². The van der Waals surface area contributed by atoms with E-state index in [1.807, 2.05) is 0 Å². The molecule has 10 heteroatoms. The zero-order chi connectivity index (χ0) is 30.0. The Kier molecular flexibility index (Phi) is 7.53. The fourth-order valence-corrected chi connectivity index (χ4v) is 4.17. The van der Waals surface area contributed by atoms with Crippen molar-refractivity contribution in [3.63, 3.8) is 0 Å². The van der Waals surface area contributed by atoms with Gasteiger partial charge in [0, 0.05) is 7.05 Å². The largest absolute Gasteiger partial charge is 0.497 e. The van der Waals surface area contributed by atoms with Crippen molar-refractivity contribution < 1.29 is 42.9 Å². The molecule has 0 radical (unpaired) electrons. The van der Waals surface area contributed by atoms with E-state index in [2.05, 4.69) is 0 Å². The molecule has 210 valence electrons. The number of imide groups is 1. The van der Waals surface area contributed by atoms with Crippen molar-refractivity contribution in [3.05, 3.63) is 118 Å². The van der Waals surface area contributed by atoms with Gasteiger partial charge in [-0.05, 0) is 97.4 Å². The molecule has 0 atom stereocenters. The molecule has 0 aliphatic carbocycles. The van der Waals surface area contributed by atoms with E-state index in [0.717, 1.165) is 4.90 Å². The molecule has 0 bridgehead atoms. The van der Waals surface area contributed by atoms with Gasteiger partial charge in [0.25, 0.3) is 11.8 Å². The fraction of sp³-hybridized carbons (Fsp3) is 0.0938. The van der Waals surface area contributed by atoms with Crippen molar-refractivity contribution in [2.24, 2.45) is 0 Å². The van der Waals surface area contributed by atoms with Gasteiger partial charge in [0.15, 0.2) is 0 Å². The number of esters is 3. The summed E-state index contributed by atoms with van der Waals surface area (Å²) in [5.41, 5.74) is 1.57. The first-order valence-corrected chi connectivity index (χ1v) is 12.6. The maximum absolute atomic E-state index is 12.7. The van der Waals surface area contributed by atoms with Crippen molar-refractivity contribution in [1.29, 1.82) is 0 Å². The van der Waals surface area contributed by atoms with E-state index in [0.29, 0.717) is 16.9 Å². The van der Waals surface area contributed by atoms with Crippen molar-refractivity contribution in [2.75, 3.05) is 14.2 Å². The third kappa shape index (κ3) is 5.59. The molecular weight excluding hydrogens is 542 g/mol. The number of carbonyl (C=O) groups excluding carboxylic acids is 5. The Balaban J connectivity index is 1.19. The number of benzene rings is 4. The maximum Gasteiger partial charge on any atom is 0.343 e. The standard InChI is InChI=1S/C32H23NO9/c1-18-16-24(41-30(36)19-4-9-22(39-3)10-5-19)13-15-27(18)42-31(37)20-6-11-23(12-7-20)40-32(38)21-8-14-25-26(17-21)29(35)33(2)28(25)34/h4-17H,1-3H3. The van der Waals surface area contributed by atoms with E-state index in [9.17, 15) is 24.0 Å². The second-order valence-corrected chi connectivity index (χ2v) is 9.28. The molecule has 0 aromatic heterocycles. The number of carbonyl (C=O) groups is 5. The highest BCUT2D eigenvalue weighted by atomic mass is 16.5. The van der Waals surface area contributed by atoms with Gasteiger partial charge >= 0.3 is 17.9 Å². The highest BCUT2D eigenvalue weighted by Gasteiger charge is 2.33. The number of rotatable bonds is 7. The van der Waals surface area contributed by atoms with Gasteiger partial charge in [-0.2, -0.15) is 0 Å². The van der Waals surface area contributed by atoms with Crippen LogP contribution in [-0.4, -0.2) is 48.8 Å². The van der Waals surface area contributed by atoms with Crippen molar-refractivity contribution in [2.45, 2.75) is 6.92 Å². The summed E-state index contributed by atoms with van der Waals surface area (Å²) in [6, 6.07) is 21.0. The number of amides is 2. The van der Waals surface area contributed by atoms with Crippen molar-refractivity contribution in [1.82, 2.24) is 4.90 Å². The fourth-order valence-electron chi connectivity index (χ4n) is 4.17. The van der Waals surface area contributed by atoms with Gasteiger partial charge in [-0.25, -0.2) is 14.4 Å². The lowest BCUT2D eigenvalue weighted by Crippen LogP contribution is -2.24. The third-order valence-electron chi connectivity index (χ3n) is 6.51. The Labute approximate surface area is 240 Å². The lowest BCUT2D eigenvalue weighted by Gasteiger charge is -2.10.